The number of hydrogen-bond acceptors (Lipinski definition) is 9. The molecule has 2 N–H and O–H groups in total. The van der Waals surface area contributed by atoms with Gasteiger partial charge in [0.1, 0.15) is 36.9 Å². The largest absolute Gasteiger partial charge is 0.460 e. The molecule has 6 rings (SSSR count). The van der Waals surface area contributed by atoms with Crippen molar-refractivity contribution in [2.24, 2.45) is 0 Å². The first-order valence-electron chi connectivity index (χ1n) is 18.1. The number of anilines is 1. The average Bonchev–Trinajstić information content (AvgIpc) is 3.52. The monoisotopic (exact) mass is 765 g/mol. The number of carbonyl (C=O) groups is 5. The van der Waals surface area contributed by atoms with E-state index in [0.29, 0.717) is 22.7 Å². The molecule has 3 amide bonds. The lowest BCUT2D eigenvalue weighted by molar-refractivity contribution is -0.156. The molecule has 0 fully saturated rings. The van der Waals surface area contributed by atoms with E-state index in [1.54, 1.807) is 81.4 Å². The van der Waals surface area contributed by atoms with Crippen molar-refractivity contribution in [2.75, 3.05) is 11.5 Å². The summed E-state index contributed by atoms with van der Waals surface area (Å²) in [5, 5.41) is 6.12. The number of ketones is 1. The lowest BCUT2D eigenvalue weighted by Gasteiger charge is -2.29. The summed E-state index contributed by atoms with van der Waals surface area (Å²) in [7, 11) is -3.79. The number of Topliss-reactive ketones (excluding diaryl/α,β-unsaturated/α-hetero) is 1. The van der Waals surface area contributed by atoms with Crippen LogP contribution in [0.4, 0.5) is 10.5 Å². The molecule has 12 nitrogen and oxygen atoms in total. The van der Waals surface area contributed by atoms with Gasteiger partial charge in [0.05, 0.1) is 12.1 Å². The van der Waals surface area contributed by atoms with Crippen molar-refractivity contribution in [3.05, 3.63) is 126 Å². The highest BCUT2D eigenvalue weighted by molar-refractivity contribution is 7.74. The van der Waals surface area contributed by atoms with E-state index in [-0.39, 0.29) is 19.4 Å². The Morgan fingerprint density at radius 3 is 2.05 bits per heavy atom. The van der Waals surface area contributed by atoms with E-state index >= 15 is 0 Å². The van der Waals surface area contributed by atoms with Gasteiger partial charge in [0.25, 0.3) is 7.37 Å². The van der Waals surface area contributed by atoms with Crippen molar-refractivity contribution in [3.63, 3.8) is 0 Å². The van der Waals surface area contributed by atoms with Crippen molar-refractivity contribution < 1.29 is 42.5 Å². The standard InChI is InChI=1S/C42H44N3O9P/c1-42(2,3)54-37(47)25-34(36(46)27-53-55(51,31-18-9-5-10-19-31)32-20-11-6-12-21-32)43-39(48)35-24-30-17-13-16-29-22-23-33(40(49)45(35)38(29)30)44-41(50)52-26-28-14-7-4-8-15-28/h4-21,33-35H,22-27H2,1-3H3,(H,43,48)(H,44,50)/t33-,34?,35-/m0/s1. The topological polar surface area (TPSA) is 157 Å². The smallest absolute Gasteiger partial charge is 0.408 e. The Kier molecular flexibility index (Phi) is 12.0. The molecule has 1 unspecified atom stereocenters. The van der Waals surface area contributed by atoms with Crippen LogP contribution in [0.15, 0.2) is 109 Å². The minimum atomic E-state index is -3.79. The van der Waals surface area contributed by atoms with Gasteiger partial charge < -0.3 is 24.6 Å². The molecule has 0 saturated carbocycles. The second kappa shape index (κ2) is 16.8. The maximum atomic E-state index is 14.5. The van der Waals surface area contributed by atoms with Crippen molar-refractivity contribution >= 4 is 53.3 Å². The highest BCUT2D eigenvalue weighted by Crippen LogP contribution is 2.44. The summed E-state index contributed by atoms with van der Waals surface area (Å²) in [6.07, 6.45) is -0.473. The predicted octanol–water partition coefficient (Wildman–Crippen LogP) is 4.92. The molecule has 4 aromatic carbocycles. The first-order chi connectivity index (χ1) is 26.3. The first kappa shape index (κ1) is 39.1. The summed E-state index contributed by atoms with van der Waals surface area (Å²) in [5.41, 5.74) is 2.06. The summed E-state index contributed by atoms with van der Waals surface area (Å²) < 4.78 is 31.4. The van der Waals surface area contributed by atoms with Crippen LogP contribution in [0, 0.1) is 0 Å². The van der Waals surface area contributed by atoms with E-state index in [9.17, 15) is 28.5 Å². The zero-order chi connectivity index (χ0) is 39.2. The van der Waals surface area contributed by atoms with Crippen molar-refractivity contribution in [1.82, 2.24) is 10.6 Å². The summed E-state index contributed by atoms with van der Waals surface area (Å²) >= 11 is 0. The quantitative estimate of drug-likeness (QED) is 0.143. The van der Waals surface area contributed by atoms with Gasteiger partial charge >= 0.3 is 12.1 Å². The highest BCUT2D eigenvalue weighted by atomic mass is 31.2. The molecule has 55 heavy (non-hydrogen) atoms. The number of esters is 1. The number of carbonyl (C=O) groups excluding carboxylic acids is 5. The van der Waals surface area contributed by atoms with E-state index < -0.39 is 73.8 Å². The molecule has 0 saturated heterocycles. The second-order valence-electron chi connectivity index (χ2n) is 14.5. The van der Waals surface area contributed by atoms with Gasteiger partial charge in [-0.2, -0.15) is 0 Å². The van der Waals surface area contributed by atoms with Gasteiger partial charge in [-0.25, -0.2) is 4.79 Å². The molecule has 2 aliphatic heterocycles. The normalized spacial score (nSPS) is 17.0. The van der Waals surface area contributed by atoms with Gasteiger partial charge in [0.15, 0.2) is 5.78 Å². The maximum absolute atomic E-state index is 14.5. The van der Waals surface area contributed by atoms with E-state index in [2.05, 4.69) is 10.6 Å². The first-order valence-corrected chi connectivity index (χ1v) is 19.8. The van der Waals surface area contributed by atoms with Crippen LogP contribution >= 0.6 is 7.37 Å². The van der Waals surface area contributed by atoms with Crippen molar-refractivity contribution in [1.29, 1.82) is 0 Å². The van der Waals surface area contributed by atoms with Crippen LogP contribution in [0.3, 0.4) is 0 Å². The number of alkyl carbamates (subject to hydrolysis) is 1. The van der Waals surface area contributed by atoms with E-state index in [4.69, 9.17) is 14.0 Å². The number of ether oxygens (including phenoxy) is 2. The molecular weight excluding hydrogens is 721 g/mol. The van der Waals surface area contributed by atoms with E-state index in [1.807, 2.05) is 48.5 Å². The highest BCUT2D eigenvalue weighted by Gasteiger charge is 2.45. The van der Waals surface area contributed by atoms with Crippen LogP contribution < -0.4 is 26.1 Å². The average molecular weight is 766 g/mol. The Morgan fingerprint density at radius 1 is 0.836 bits per heavy atom. The number of aryl methyl sites for hydroxylation is 1. The minimum absolute atomic E-state index is 0.00956. The van der Waals surface area contributed by atoms with E-state index in [1.165, 1.54) is 4.90 Å². The maximum Gasteiger partial charge on any atom is 0.408 e. The fourth-order valence-electron chi connectivity index (χ4n) is 6.75. The molecule has 0 aromatic heterocycles. The van der Waals surface area contributed by atoms with Crippen LogP contribution in [0.1, 0.15) is 50.3 Å². The Morgan fingerprint density at radius 2 is 1.44 bits per heavy atom. The van der Waals surface area contributed by atoms with Gasteiger partial charge in [-0.3, -0.25) is 28.6 Å². The van der Waals surface area contributed by atoms with Crippen LogP contribution in [0.5, 0.6) is 0 Å². The zero-order valence-corrected chi connectivity index (χ0v) is 31.8. The van der Waals surface area contributed by atoms with Crippen LogP contribution in [-0.4, -0.2) is 60.0 Å². The number of amides is 3. The van der Waals surface area contributed by atoms with Crippen LogP contribution in [0.2, 0.25) is 0 Å². The van der Waals surface area contributed by atoms with Crippen LogP contribution in [-0.2, 0) is 57.2 Å². The molecule has 0 bridgehead atoms. The molecule has 0 aliphatic carbocycles. The Labute approximate surface area is 320 Å². The molecule has 0 spiro atoms. The summed E-state index contributed by atoms with van der Waals surface area (Å²) in [6, 6.07) is 28.1. The van der Waals surface area contributed by atoms with Gasteiger partial charge in [-0.1, -0.05) is 84.9 Å². The molecule has 2 aliphatic rings. The SMILES string of the molecule is CC(C)(C)OC(=O)CC(NC(=O)[C@@H]1Cc2cccc3c2N1C(=O)[C@@H](NC(=O)OCc1ccccc1)CC3)C(=O)COP(=O)(c1ccccc1)c1ccccc1. The van der Waals surface area contributed by atoms with Gasteiger partial charge in [-0.15, -0.1) is 0 Å². The van der Waals surface area contributed by atoms with Crippen LogP contribution in [0.25, 0.3) is 0 Å². The number of nitrogens with one attached hydrogen (secondary N) is 2. The molecule has 3 atom stereocenters. The fraction of sp³-hybridized carbons (Fsp3) is 0.310. The predicted molar refractivity (Wildman–Crippen MR) is 206 cm³/mol. The van der Waals surface area contributed by atoms with Gasteiger partial charge in [-0.05, 0) is 74.6 Å². The summed E-state index contributed by atoms with van der Waals surface area (Å²) in [4.78, 5) is 69.8. The number of rotatable bonds is 13. The number of hydrogen-bond donors (Lipinski definition) is 2. The molecule has 286 valence electrons. The van der Waals surface area contributed by atoms with Crippen molar-refractivity contribution in [2.45, 2.75) is 76.8 Å². The molecule has 4 aromatic rings. The Bertz CT molecular complexity index is 2040. The van der Waals surface area contributed by atoms with Crippen molar-refractivity contribution in [3.8, 4) is 0 Å². The minimum Gasteiger partial charge on any atom is -0.460 e. The third kappa shape index (κ3) is 9.39. The summed E-state index contributed by atoms with van der Waals surface area (Å²) in [6.45, 7) is 4.35. The third-order valence-electron chi connectivity index (χ3n) is 9.29. The van der Waals surface area contributed by atoms with Gasteiger partial charge in [0, 0.05) is 17.0 Å². The van der Waals surface area contributed by atoms with Gasteiger partial charge in [0.2, 0.25) is 11.8 Å². The van der Waals surface area contributed by atoms with E-state index in [0.717, 1.165) is 16.7 Å². The fourth-order valence-corrected chi connectivity index (χ4v) is 8.78. The number of nitrogens with zero attached hydrogens (tertiary/aromatic N) is 1. The number of para-hydroxylation sites is 1. The summed E-state index contributed by atoms with van der Waals surface area (Å²) in [5.74, 6) is -2.67. The molecule has 2 heterocycles. The Balaban J connectivity index is 1.22. The molecular formula is C42H44N3O9P. The lowest BCUT2D eigenvalue weighted by Crippen LogP contribution is -2.57. The second-order valence-corrected chi connectivity index (χ2v) is 16.9. The molecule has 0 radical (unpaired) electrons. The lowest BCUT2D eigenvalue weighted by atomic mass is 10.0. The molecule has 13 heteroatoms. The Hall–Kier alpha value is -5.58. The third-order valence-corrected chi connectivity index (χ3v) is 11.7. The zero-order valence-electron chi connectivity index (χ0n) is 30.9. The number of benzene rings is 4.